The van der Waals surface area contributed by atoms with Crippen molar-refractivity contribution in [3.8, 4) is 0 Å². The molecule has 0 unspecified atom stereocenters. The molecule has 0 atom stereocenters. The third-order valence-electron chi connectivity index (χ3n) is 3.75. The topological polar surface area (TPSA) is 56.7 Å². The number of benzene rings is 1. The maximum Gasteiger partial charge on any atom is 0.335 e. The van der Waals surface area contributed by atoms with Crippen LogP contribution in [0.1, 0.15) is 10.4 Å². The molecular formula is C15H19Cl2N3O2. The molecule has 0 saturated carbocycles. The third-order valence-corrected chi connectivity index (χ3v) is 3.75. The van der Waals surface area contributed by atoms with Gasteiger partial charge in [-0.05, 0) is 37.4 Å². The maximum atomic E-state index is 11.0. The molecule has 0 spiro atoms. The lowest BCUT2D eigenvalue weighted by Gasteiger charge is -2.33. The number of rotatable bonds is 2. The third kappa shape index (κ3) is 3.80. The summed E-state index contributed by atoms with van der Waals surface area (Å²) in [7, 11) is 2.12. The smallest absolute Gasteiger partial charge is 0.335 e. The molecule has 0 amide bonds. The van der Waals surface area contributed by atoms with E-state index in [4.69, 9.17) is 5.11 Å². The summed E-state index contributed by atoms with van der Waals surface area (Å²) >= 11 is 0. The second-order valence-electron chi connectivity index (χ2n) is 5.17. The minimum atomic E-state index is -0.907. The summed E-state index contributed by atoms with van der Waals surface area (Å²) in [6.07, 6.45) is 0. The molecule has 7 heteroatoms. The molecule has 0 aliphatic carbocycles. The molecule has 1 fully saturated rings. The summed E-state index contributed by atoms with van der Waals surface area (Å²) in [5.41, 5.74) is 1.14. The van der Waals surface area contributed by atoms with Crippen LogP contribution in [0, 0.1) is 0 Å². The van der Waals surface area contributed by atoms with Crippen LogP contribution in [0.2, 0.25) is 0 Å². The molecule has 1 aliphatic rings. The van der Waals surface area contributed by atoms with Crippen LogP contribution in [0.4, 0.5) is 5.82 Å². The van der Waals surface area contributed by atoms with Crippen molar-refractivity contribution in [2.75, 3.05) is 38.1 Å². The van der Waals surface area contributed by atoms with Crippen LogP contribution < -0.4 is 4.90 Å². The number of aromatic nitrogens is 1. The summed E-state index contributed by atoms with van der Waals surface area (Å²) in [6, 6.07) is 8.96. The van der Waals surface area contributed by atoms with E-state index in [-0.39, 0.29) is 24.8 Å². The number of piperazine rings is 1. The number of halogens is 2. The van der Waals surface area contributed by atoms with Crippen LogP contribution in [0.15, 0.2) is 30.3 Å². The summed E-state index contributed by atoms with van der Waals surface area (Å²) in [5, 5.41) is 9.86. The van der Waals surface area contributed by atoms with Crippen LogP contribution in [-0.4, -0.2) is 54.2 Å². The zero-order valence-electron chi connectivity index (χ0n) is 12.2. The fourth-order valence-corrected chi connectivity index (χ4v) is 2.46. The first kappa shape index (κ1) is 18.5. The zero-order chi connectivity index (χ0) is 14.1. The number of aromatic carboxylic acids is 1. The van der Waals surface area contributed by atoms with Crippen molar-refractivity contribution >= 4 is 47.5 Å². The molecule has 1 saturated heterocycles. The number of carbonyl (C=O) groups is 1. The number of likely N-dealkylation sites (N-methyl/N-ethyl adjacent to an activating group) is 1. The van der Waals surface area contributed by atoms with Crippen molar-refractivity contribution in [2.45, 2.75) is 0 Å². The predicted molar refractivity (Wildman–Crippen MR) is 92.9 cm³/mol. The summed E-state index contributed by atoms with van der Waals surface area (Å²) in [6.45, 7) is 4.03. The van der Waals surface area contributed by atoms with Gasteiger partial charge in [0.1, 0.15) is 5.82 Å². The SMILES string of the molecule is CN1CCN(c2ccc3cc(C(=O)O)ccc3n2)CC1.Cl.Cl. The monoisotopic (exact) mass is 343 g/mol. The Morgan fingerprint density at radius 3 is 2.41 bits per heavy atom. The fourth-order valence-electron chi connectivity index (χ4n) is 2.46. The summed E-state index contributed by atoms with van der Waals surface area (Å²) in [5.74, 6) is 0.0590. The second kappa shape index (κ2) is 7.63. The lowest BCUT2D eigenvalue weighted by Crippen LogP contribution is -2.44. The number of pyridine rings is 1. The summed E-state index contributed by atoms with van der Waals surface area (Å²) in [4.78, 5) is 20.2. The lowest BCUT2D eigenvalue weighted by atomic mass is 10.1. The Morgan fingerprint density at radius 2 is 1.77 bits per heavy atom. The molecule has 2 aromatic rings. The molecule has 0 radical (unpaired) electrons. The van der Waals surface area contributed by atoms with Gasteiger partial charge >= 0.3 is 5.97 Å². The van der Waals surface area contributed by atoms with E-state index in [1.165, 1.54) is 0 Å². The van der Waals surface area contributed by atoms with E-state index >= 15 is 0 Å². The fraction of sp³-hybridized carbons (Fsp3) is 0.333. The van der Waals surface area contributed by atoms with Crippen LogP contribution in [0.3, 0.4) is 0 Å². The Morgan fingerprint density at radius 1 is 1.09 bits per heavy atom. The van der Waals surface area contributed by atoms with E-state index in [0.29, 0.717) is 5.56 Å². The van der Waals surface area contributed by atoms with Crippen LogP contribution in [-0.2, 0) is 0 Å². The number of hydrogen-bond acceptors (Lipinski definition) is 4. The standard InChI is InChI=1S/C15H17N3O2.2ClH/c1-17-6-8-18(9-7-17)14-5-3-11-10-12(15(19)20)2-4-13(11)16-14;;/h2-5,10H,6-9H2,1H3,(H,19,20);2*1H. The van der Waals surface area contributed by atoms with E-state index < -0.39 is 5.97 Å². The highest BCUT2D eigenvalue weighted by atomic mass is 35.5. The average molecular weight is 344 g/mol. The first-order chi connectivity index (χ1) is 9.63. The van der Waals surface area contributed by atoms with Crippen molar-refractivity contribution in [3.63, 3.8) is 0 Å². The van der Waals surface area contributed by atoms with Gasteiger partial charge in [-0.3, -0.25) is 0 Å². The zero-order valence-corrected chi connectivity index (χ0v) is 13.9. The van der Waals surface area contributed by atoms with Gasteiger partial charge in [-0.25, -0.2) is 9.78 Å². The summed E-state index contributed by atoms with van der Waals surface area (Å²) < 4.78 is 0. The highest BCUT2D eigenvalue weighted by Crippen LogP contribution is 2.20. The van der Waals surface area contributed by atoms with Gasteiger partial charge in [0.2, 0.25) is 0 Å². The molecule has 2 heterocycles. The van der Waals surface area contributed by atoms with E-state index in [1.54, 1.807) is 18.2 Å². The maximum absolute atomic E-state index is 11.0. The van der Waals surface area contributed by atoms with Gasteiger partial charge in [-0.1, -0.05) is 0 Å². The number of fused-ring (bicyclic) bond motifs is 1. The van der Waals surface area contributed by atoms with Gasteiger partial charge in [0.05, 0.1) is 11.1 Å². The number of carboxylic acid groups (broad SMARTS) is 1. The number of anilines is 1. The Bertz CT molecular complexity index is 658. The quantitative estimate of drug-likeness (QED) is 0.907. The molecule has 1 aromatic carbocycles. The minimum Gasteiger partial charge on any atom is -0.478 e. The van der Waals surface area contributed by atoms with Crippen molar-refractivity contribution in [2.24, 2.45) is 0 Å². The minimum absolute atomic E-state index is 0. The Kier molecular flexibility index (Phi) is 6.41. The molecule has 3 rings (SSSR count). The van der Waals surface area contributed by atoms with Crippen molar-refractivity contribution in [3.05, 3.63) is 35.9 Å². The highest BCUT2D eigenvalue weighted by Gasteiger charge is 2.15. The van der Waals surface area contributed by atoms with Crippen LogP contribution in [0.25, 0.3) is 10.9 Å². The second-order valence-corrected chi connectivity index (χ2v) is 5.17. The molecule has 22 heavy (non-hydrogen) atoms. The van der Waals surface area contributed by atoms with Gasteiger partial charge in [0.25, 0.3) is 0 Å². The van der Waals surface area contributed by atoms with Crippen LogP contribution >= 0.6 is 24.8 Å². The van der Waals surface area contributed by atoms with E-state index in [9.17, 15) is 4.79 Å². The Hall–Kier alpha value is -1.56. The van der Waals surface area contributed by atoms with Crippen molar-refractivity contribution < 1.29 is 9.90 Å². The number of nitrogens with zero attached hydrogens (tertiary/aromatic N) is 3. The van der Waals surface area contributed by atoms with E-state index in [1.807, 2.05) is 12.1 Å². The number of hydrogen-bond donors (Lipinski definition) is 1. The molecule has 1 aliphatic heterocycles. The largest absolute Gasteiger partial charge is 0.478 e. The Labute approximate surface area is 141 Å². The van der Waals surface area contributed by atoms with Crippen molar-refractivity contribution in [1.82, 2.24) is 9.88 Å². The number of carboxylic acids is 1. The molecule has 1 N–H and O–H groups in total. The van der Waals surface area contributed by atoms with Crippen molar-refractivity contribution in [1.29, 1.82) is 0 Å². The van der Waals surface area contributed by atoms with Gasteiger partial charge in [-0.2, -0.15) is 0 Å². The van der Waals surface area contributed by atoms with E-state index in [0.717, 1.165) is 42.9 Å². The average Bonchev–Trinajstić information content (AvgIpc) is 2.47. The van der Waals surface area contributed by atoms with Gasteiger partial charge in [0, 0.05) is 31.6 Å². The van der Waals surface area contributed by atoms with Gasteiger partial charge < -0.3 is 14.9 Å². The molecule has 5 nitrogen and oxygen atoms in total. The van der Waals surface area contributed by atoms with Crippen LogP contribution in [0.5, 0.6) is 0 Å². The molecular weight excluding hydrogens is 325 g/mol. The Balaban J connectivity index is 0.00000121. The van der Waals surface area contributed by atoms with E-state index in [2.05, 4.69) is 21.8 Å². The lowest BCUT2D eigenvalue weighted by molar-refractivity contribution is 0.0697. The first-order valence-electron chi connectivity index (χ1n) is 6.71. The normalized spacial score (nSPS) is 15.0. The predicted octanol–water partition coefficient (Wildman–Crippen LogP) is 2.53. The molecule has 0 bridgehead atoms. The highest BCUT2D eigenvalue weighted by molar-refractivity contribution is 5.93. The molecule has 1 aromatic heterocycles. The van der Waals surface area contributed by atoms with Gasteiger partial charge in [-0.15, -0.1) is 24.8 Å². The molecule has 120 valence electrons. The first-order valence-corrected chi connectivity index (χ1v) is 6.71. The van der Waals surface area contributed by atoms with Gasteiger partial charge in [0.15, 0.2) is 0 Å².